The maximum atomic E-state index is 12.9. The average Bonchev–Trinajstić information content (AvgIpc) is 3.23. The van der Waals surface area contributed by atoms with Gasteiger partial charge >= 0.3 is 0 Å². The molecule has 0 saturated carbocycles. The molecule has 7 nitrogen and oxygen atoms in total. The summed E-state index contributed by atoms with van der Waals surface area (Å²) in [6.07, 6.45) is 0. The Hall–Kier alpha value is -3.13. The van der Waals surface area contributed by atoms with Crippen molar-refractivity contribution in [2.24, 2.45) is 0 Å². The van der Waals surface area contributed by atoms with E-state index in [0.29, 0.717) is 11.4 Å². The Balaban J connectivity index is 1.75. The molecule has 29 heavy (non-hydrogen) atoms. The van der Waals surface area contributed by atoms with Crippen LogP contribution in [0.2, 0.25) is 0 Å². The van der Waals surface area contributed by atoms with E-state index in [1.165, 1.54) is 6.07 Å². The first-order valence-corrected chi connectivity index (χ1v) is 10.3. The number of hydrogen-bond acceptors (Lipinski definition) is 5. The van der Waals surface area contributed by atoms with Crippen LogP contribution in [0.3, 0.4) is 0 Å². The molecule has 1 amide bonds. The molecule has 0 radical (unpaired) electrons. The number of nitro benzene ring substituents is 1. The van der Waals surface area contributed by atoms with E-state index in [1.54, 1.807) is 35.5 Å². The maximum absolute atomic E-state index is 12.9. The number of hydrogen-bond donors (Lipinski definition) is 1. The molecule has 0 fully saturated rings. The molecule has 0 unspecified atom stereocenters. The molecule has 2 aromatic carbocycles. The van der Waals surface area contributed by atoms with Gasteiger partial charge in [0.25, 0.3) is 11.6 Å². The van der Waals surface area contributed by atoms with E-state index >= 15 is 0 Å². The highest BCUT2D eigenvalue weighted by Crippen LogP contribution is 2.36. The van der Waals surface area contributed by atoms with Crippen molar-refractivity contribution >= 4 is 29.2 Å². The lowest BCUT2D eigenvalue weighted by molar-refractivity contribution is -0.385. The fraction of sp³-hybridized carbons (Fsp3) is 0.238. The van der Waals surface area contributed by atoms with Crippen molar-refractivity contribution in [3.8, 4) is 5.69 Å². The lowest BCUT2D eigenvalue weighted by Crippen LogP contribution is -2.16. The van der Waals surface area contributed by atoms with Gasteiger partial charge in [0, 0.05) is 34.3 Å². The van der Waals surface area contributed by atoms with E-state index in [9.17, 15) is 14.9 Å². The number of carbonyl (C=O) groups excluding carboxylic acids is 1. The van der Waals surface area contributed by atoms with Gasteiger partial charge in [0.15, 0.2) is 0 Å². The lowest BCUT2D eigenvalue weighted by Gasteiger charge is -2.12. The molecule has 0 saturated heterocycles. The van der Waals surface area contributed by atoms with Crippen LogP contribution in [0.15, 0.2) is 36.4 Å². The Morgan fingerprint density at radius 2 is 1.86 bits per heavy atom. The predicted molar refractivity (Wildman–Crippen MR) is 114 cm³/mol. The van der Waals surface area contributed by atoms with Crippen molar-refractivity contribution < 1.29 is 9.72 Å². The fourth-order valence-electron chi connectivity index (χ4n) is 3.53. The van der Waals surface area contributed by atoms with Crippen molar-refractivity contribution in [2.75, 3.05) is 5.32 Å². The van der Waals surface area contributed by atoms with E-state index in [4.69, 9.17) is 5.10 Å². The number of amides is 1. The van der Waals surface area contributed by atoms with Gasteiger partial charge in [-0.25, -0.2) is 4.68 Å². The molecular formula is C21H20N4O3S. The predicted octanol–water partition coefficient (Wildman–Crippen LogP) is 4.70. The van der Waals surface area contributed by atoms with E-state index in [0.717, 1.165) is 39.6 Å². The molecule has 1 aliphatic heterocycles. The maximum Gasteiger partial charge on any atom is 0.273 e. The molecular weight excluding hydrogens is 388 g/mol. The van der Waals surface area contributed by atoms with E-state index in [1.807, 2.05) is 26.0 Å². The summed E-state index contributed by atoms with van der Waals surface area (Å²) in [6, 6.07) is 10.6. The minimum absolute atomic E-state index is 0.0683. The molecule has 3 aromatic rings. The standard InChI is InChI=1S/C21H20N4O3S/c1-12-6-13(2)8-16(7-12)24-20(17-10-29-11-18(17)23-24)22-21(26)15-5-4-14(3)19(9-15)25(27)28/h4-9H,10-11H2,1-3H3,(H,22,26). The summed E-state index contributed by atoms with van der Waals surface area (Å²) in [5, 5.41) is 18.9. The van der Waals surface area contributed by atoms with Crippen LogP contribution in [-0.4, -0.2) is 20.6 Å². The number of nitrogens with one attached hydrogen (secondary N) is 1. The van der Waals surface area contributed by atoms with Crippen LogP contribution >= 0.6 is 11.8 Å². The lowest BCUT2D eigenvalue weighted by atomic mass is 10.1. The van der Waals surface area contributed by atoms with Gasteiger partial charge in [-0.05, 0) is 50.1 Å². The number of rotatable bonds is 4. The van der Waals surface area contributed by atoms with Crippen LogP contribution in [0, 0.1) is 30.9 Å². The third-order valence-corrected chi connectivity index (χ3v) is 5.87. The number of fused-ring (bicyclic) bond motifs is 1. The summed E-state index contributed by atoms with van der Waals surface area (Å²) in [4.78, 5) is 23.7. The van der Waals surface area contributed by atoms with Crippen LogP contribution in [-0.2, 0) is 11.5 Å². The quantitative estimate of drug-likeness (QED) is 0.499. The molecule has 1 aromatic heterocycles. The third kappa shape index (κ3) is 3.63. The number of nitrogens with zero attached hydrogens (tertiary/aromatic N) is 3. The van der Waals surface area contributed by atoms with E-state index in [2.05, 4.69) is 11.4 Å². The Bertz CT molecular complexity index is 1130. The largest absolute Gasteiger partial charge is 0.306 e. The first-order valence-electron chi connectivity index (χ1n) is 9.17. The van der Waals surface area contributed by atoms with Crippen LogP contribution in [0.5, 0.6) is 0 Å². The highest BCUT2D eigenvalue weighted by Gasteiger charge is 2.26. The number of aromatic nitrogens is 2. The van der Waals surface area contributed by atoms with Gasteiger partial charge in [-0.3, -0.25) is 14.9 Å². The zero-order valence-corrected chi connectivity index (χ0v) is 17.2. The van der Waals surface area contributed by atoms with Crippen molar-refractivity contribution in [3.63, 3.8) is 0 Å². The summed E-state index contributed by atoms with van der Waals surface area (Å²) < 4.78 is 1.77. The Morgan fingerprint density at radius 3 is 2.55 bits per heavy atom. The first-order chi connectivity index (χ1) is 13.8. The van der Waals surface area contributed by atoms with Crippen molar-refractivity contribution in [1.29, 1.82) is 0 Å². The normalized spacial score (nSPS) is 12.7. The molecule has 4 rings (SSSR count). The smallest absolute Gasteiger partial charge is 0.273 e. The Labute approximate surface area is 172 Å². The molecule has 1 aliphatic rings. The molecule has 2 heterocycles. The summed E-state index contributed by atoms with van der Waals surface area (Å²) >= 11 is 1.75. The highest BCUT2D eigenvalue weighted by molar-refractivity contribution is 7.98. The minimum Gasteiger partial charge on any atom is -0.306 e. The van der Waals surface area contributed by atoms with E-state index in [-0.39, 0.29) is 11.3 Å². The molecule has 0 atom stereocenters. The molecule has 8 heteroatoms. The Morgan fingerprint density at radius 1 is 1.14 bits per heavy atom. The Kier molecular flexibility index (Phi) is 4.87. The van der Waals surface area contributed by atoms with Gasteiger partial charge in [0.2, 0.25) is 0 Å². The van der Waals surface area contributed by atoms with Gasteiger partial charge in [-0.1, -0.05) is 12.1 Å². The van der Waals surface area contributed by atoms with E-state index < -0.39 is 10.8 Å². The van der Waals surface area contributed by atoms with Crippen LogP contribution in [0.25, 0.3) is 5.69 Å². The van der Waals surface area contributed by atoms with Gasteiger partial charge in [0.05, 0.1) is 16.3 Å². The second-order valence-corrected chi connectivity index (χ2v) is 8.22. The minimum atomic E-state index is -0.472. The fourth-order valence-corrected chi connectivity index (χ4v) is 4.56. The zero-order valence-electron chi connectivity index (χ0n) is 16.4. The number of nitro groups is 1. The first kappa shape index (κ1) is 19.2. The molecule has 148 valence electrons. The summed E-state index contributed by atoms with van der Waals surface area (Å²) in [5.41, 5.74) is 5.75. The van der Waals surface area contributed by atoms with Crippen molar-refractivity contribution in [3.05, 3.63) is 80.0 Å². The second kappa shape index (κ2) is 7.36. The summed E-state index contributed by atoms with van der Waals surface area (Å²) in [7, 11) is 0. The van der Waals surface area contributed by atoms with Gasteiger partial charge in [-0.2, -0.15) is 16.9 Å². The van der Waals surface area contributed by atoms with Crippen LogP contribution in [0.1, 0.15) is 38.3 Å². The van der Waals surface area contributed by atoms with Crippen molar-refractivity contribution in [1.82, 2.24) is 9.78 Å². The van der Waals surface area contributed by atoms with Crippen LogP contribution < -0.4 is 5.32 Å². The molecule has 0 bridgehead atoms. The SMILES string of the molecule is Cc1cc(C)cc(-n2nc3c(c2NC(=O)c2ccc(C)c([N+](=O)[O-])c2)CSC3)c1. The molecule has 1 N–H and O–H groups in total. The number of aryl methyl sites for hydroxylation is 3. The summed E-state index contributed by atoms with van der Waals surface area (Å²) in [5.74, 6) is 1.80. The average molecular weight is 408 g/mol. The van der Waals surface area contributed by atoms with Gasteiger partial charge in [-0.15, -0.1) is 0 Å². The zero-order chi connectivity index (χ0) is 20.7. The van der Waals surface area contributed by atoms with Gasteiger partial charge in [0.1, 0.15) is 5.82 Å². The molecule has 0 spiro atoms. The number of carbonyl (C=O) groups is 1. The van der Waals surface area contributed by atoms with Crippen molar-refractivity contribution in [2.45, 2.75) is 32.3 Å². The van der Waals surface area contributed by atoms with Crippen LogP contribution in [0.4, 0.5) is 11.5 Å². The van der Waals surface area contributed by atoms with Gasteiger partial charge < -0.3 is 5.32 Å². The third-order valence-electron chi connectivity index (χ3n) is 4.90. The number of benzene rings is 2. The highest BCUT2D eigenvalue weighted by atomic mass is 32.2. The summed E-state index contributed by atoms with van der Waals surface area (Å²) in [6.45, 7) is 5.69. The number of anilines is 1. The molecule has 0 aliphatic carbocycles. The monoisotopic (exact) mass is 408 g/mol. The number of thioether (sulfide) groups is 1. The second-order valence-electron chi connectivity index (χ2n) is 7.24. The topological polar surface area (TPSA) is 90.1 Å².